The molecule has 7 heteroatoms. The first-order valence-electron chi connectivity index (χ1n) is 7.24. The fourth-order valence-corrected chi connectivity index (χ4v) is 2.74. The third-order valence-electron chi connectivity index (χ3n) is 3.74. The summed E-state index contributed by atoms with van der Waals surface area (Å²) in [6.07, 6.45) is 6.47. The molecule has 2 N–H and O–H groups in total. The van der Waals surface area contributed by atoms with Gasteiger partial charge in [-0.05, 0) is 24.3 Å². The highest BCUT2D eigenvalue weighted by atomic mass is 35.5. The van der Waals surface area contributed by atoms with Crippen molar-refractivity contribution in [3.63, 3.8) is 0 Å². The summed E-state index contributed by atoms with van der Waals surface area (Å²) in [5.41, 5.74) is 8.80. The predicted molar refractivity (Wildman–Crippen MR) is 97.9 cm³/mol. The van der Waals surface area contributed by atoms with E-state index in [1.54, 1.807) is 54.6 Å². The zero-order valence-electron chi connectivity index (χ0n) is 13.3. The number of halogens is 1. The lowest BCUT2D eigenvalue weighted by atomic mass is 10.1. The van der Waals surface area contributed by atoms with Crippen molar-refractivity contribution in [3.05, 3.63) is 63.9 Å². The molecule has 0 aliphatic rings. The third kappa shape index (κ3) is 2.61. The minimum atomic E-state index is -0.207. The van der Waals surface area contributed by atoms with Crippen LogP contribution >= 0.6 is 11.6 Å². The first kappa shape index (κ1) is 16.0. The van der Waals surface area contributed by atoms with E-state index in [4.69, 9.17) is 17.3 Å². The van der Waals surface area contributed by atoms with Gasteiger partial charge in [-0.15, -0.1) is 0 Å². The fourth-order valence-electron chi connectivity index (χ4n) is 2.61. The summed E-state index contributed by atoms with van der Waals surface area (Å²) in [5, 5.41) is 0.603. The SMILES string of the molecule is CN=CC(=CN)c1cn(-c2ccc(Cl)cc2)c(=O)c2ncn(C)c12. The van der Waals surface area contributed by atoms with E-state index in [2.05, 4.69) is 9.98 Å². The van der Waals surface area contributed by atoms with Gasteiger partial charge in [0.25, 0.3) is 5.56 Å². The Bertz CT molecular complexity index is 1010. The van der Waals surface area contributed by atoms with Crippen LogP contribution in [0.25, 0.3) is 22.3 Å². The number of aliphatic imine (C=N–C) groups is 1. The molecule has 0 fully saturated rings. The normalized spacial score (nSPS) is 12.4. The monoisotopic (exact) mass is 341 g/mol. The van der Waals surface area contributed by atoms with Gasteiger partial charge in [0.05, 0.1) is 11.8 Å². The number of pyridine rings is 1. The number of nitrogens with zero attached hydrogens (tertiary/aromatic N) is 4. The minimum absolute atomic E-state index is 0.207. The molecular formula is C17H16ClN5O. The van der Waals surface area contributed by atoms with Crippen molar-refractivity contribution in [1.82, 2.24) is 14.1 Å². The van der Waals surface area contributed by atoms with Crippen LogP contribution in [0.3, 0.4) is 0 Å². The molecule has 2 heterocycles. The van der Waals surface area contributed by atoms with Crippen molar-refractivity contribution < 1.29 is 0 Å². The van der Waals surface area contributed by atoms with Crippen LogP contribution in [-0.2, 0) is 7.05 Å². The van der Waals surface area contributed by atoms with Crippen LogP contribution in [0.15, 0.2) is 52.8 Å². The molecule has 0 amide bonds. The lowest BCUT2D eigenvalue weighted by molar-refractivity contribution is 0.942. The Morgan fingerprint density at radius 3 is 2.67 bits per heavy atom. The number of fused-ring (bicyclic) bond motifs is 1. The van der Waals surface area contributed by atoms with Crippen LogP contribution in [0.5, 0.6) is 0 Å². The number of allylic oxidation sites excluding steroid dienone is 1. The molecule has 0 atom stereocenters. The smallest absolute Gasteiger partial charge is 0.283 e. The standard InChI is InChI=1S/C17H16ClN5O/c1-20-8-11(7-19)14-9-23(13-5-3-12(18)4-6-13)17(24)15-16(14)22(2)10-21-15/h3-10H,19H2,1-2H3. The molecule has 0 aliphatic carbocycles. The summed E-state index contributed by atoms with van der Waals surface area (Å²) in [4.78, 5) is 21.1. The van der Waals surface area contributed by atoms with Crippen LogP contribution in [0.1, 0.15) is 5.56 Å². The first-order valence-corrected chi connectivity index (χ1v) is 7.61. The third-order valence-corrected chi connectivity index (χ3v) is 3.99. The second kappa shape index (κ2) is 6.33. The Balaban J connectivity index is 2.38. The fraction of sp³-hybridized carbons (Fsp3) is 0.118. The van der Waals surface area contributed by atoms with Crippen LogP contribution < -0.4 is 11.3 Å². The van der Waals surface area contributed by atoms with Crippen molar-refractivity contribution in [2.24, 2.45) is 17.8 Å². The molecule has 122 valence electrons. The number of nitrogens with two attached hydrogens (primary N) is 1. The van der Waals surface area contributed by atoms with E-state index in [1.807, 2.05) is 7.05 Å². The first-order chi connectivity index (χ1) is 11.6. The summed E-state index contributed by atoms with van der Waals surface area (Å²) >= 11 is 5.94. The number of benzene rings is 1. The highest BCUT2D eigenvalue weighted by molar-refractivity contribution is 6.30. The molecule has 0 saturated carbocycles. The molecule has 24 heavy (non-hydrogen) atoms. The summed E-state index contributed by atoms with van der Waals surface area (Å²) in [7, 11) is 3.50. The van der Waals surface area contributed by atoms with Crippen molar-refractivity contribution in [3.8, 4) is 5.69 Å². The van der Waals surface area contributed by atoms with Gasteiger partial charge < -0.3 is 10.3 Å². The zero-order chi connectivity index (χ0) is 17.3. The number of hydrogen-bond donors (Lipinski definition) is 1. The van der Waals surface area contributed by atoms with E-state index in [0.717, 1.165) is 5.56 Å². The topological polar surface area (TPSA) is 78.2 Å². The van der Waals surface area contributed by atoms with Gasteiger partial charge >= 0.3 is 0 Å². The van der Waals surface area contributed by atoms with Crippen molar-refractivity contribution in [2.45, 2.75) is 0 Å². The van der Waals surface area contributed by atoms with Gasteiger partial charge in [-0.25, -0.2) is 4.98 Å². The minimum Gasteiger partial charge on any atom is -0.404 e. The van der Waals surface area contributed by atoms with E-state index in [-0.39, 0.29) is 5.56 Å². The Hall–Kier alpha value is -2.86. The van der Waals surface area contributed by atoms with Gasteiger partial charge in [-0.3, -0.25) is 14.4 Å². The van der Waals surface area contributed by atoms with Gasteiger partial charge in [0.2, 0.25) is 0 Å². The summed E-state index contributed by atoms with van der Waals surface area (Å²) < 4.78 is 3.33. The molecule has 0 aliphatic heterocycles. The van der Waals surface area contributed by atoms with Gasteiger partial charge in [0, 0.05) is 54.6 Å². The molecule has 0 unspecified atom stereocenters. The maximum absolute atomic E-state index is 12.8. The van der Waals surface area contributed by atoms with E-state index in [0.29, 0.717) is 27.3 Å². The maximum Gasteiger partial charge on any atom is 0.283 e. The average Bonchev–Trinajstić information content (AvgIpc) is 2.97. The van der Waals surface area contributed by atoms with E-state index in [1.165, 1.54) is 10.8 Å². The molecule has 0 radical (unpaired) electrons. The highest BCUT2D eigenvalue weighted by Gasteiger charge is 2.16. The Morgan fingerprint density at radius 2 is 2.04 bits per heavy atom. The highest BCUT2D eigenvalue weighted by Crippen LogP contribution is 2.22. The molecule has 6 nitrogen and oxygen atoms in total. The van der Waals surface area contributed by atoms with Crippen LogP contribution in [0.2, 0.25) is 5.02 Å². The van der Waals surface area contributed by atoms with Crippen molar-refractivity contribution in [2.75, 3.05) is 7.05 Å². The van der Waals surface area contributed by atoms with E-state index < -0.39 is 0 Å². The molecule has 3 aromatic rings. The molecule has 0 saturated heterocycles. The van der Waals surface area contributed by atoms with Crippen molar-refractivity contribution >= 4 is 34.4 Å². The maximum atomic E-state index is 12.8. The average molecular weight is 342 g/mol. The predicted octanol–water partition coefficient (Wildman–Crippen LogP) is 2.38. The molecule has 0 bridgehead atoms. The molecular weight excluding hydrogens is 326 g/mol. The summed E-state index contributed by atoms with van der Waals surface area (Å²) in [5.74, 6) is 0. The number of hydrogen-bond acceptors (Lipinski definition) is 4. The summed E-state index contributed by atoms with van der Waals surface area (Å²) in [6, 6.07) is 7.03. The second-order valence-corrected chi connectivity index (χ2v) is 5.69. The largest absolute Gasteiger partial charge is 0.404 e. The number of aryl methyl sites for hydroxylation is 1. The quantitative estimate of drug-likeness (QED) is 0.743. The van der Waals surface area contributed by atoms with Crippen LogP contribution in [0, 0.1) is 0 Å². The van der Waals surface area contributed by atoms with Gasteiger partial charge in [0.15, 0.2) is 5.52 Å². The Kier molecular flexibility index (Phi) is 4.22. The van der Waals surface area contributed by atoms with E-state index in [9.17, 15) is 4.79 Å². The lowest BCUT2D eigenvalue weighted by Gasteiger charge is -2.11. The second-order valence-electron chi connectivity index (χ2n) is 5.26. The lowest BCUT2D eigenvalue weighted by Crippen LogP contribution is -2.20. The Morgan fingerprint density at radius 1 is 1.33 bits per heavy atom. The van der Waals surface area contributed by atoms with Crippen molar-refractivity contribution in [1.29, 1.82) is 0 Å². The molecule has 3 rings (SSSR count). The molecule has 2 aromatic heterocycles. The summed E-state index contributed by atoms with van der Waals surface area (Å²) in [6.45, 7) is 0. The number of rotatable bonds is 3. The molecule has 0 spiro atoms. The van der Waals surface area contributed by atoms with Gasteiger partial charge in [-0.1, -0.05) is 11.6 Å². The van der Waals surface area contributed by atoms with Crippen LogP contribution in [0.4, 0.5) is 0 Å². The number of imidazole rings is 1. The van der Waals surface area contributed by atoms with E-state index >= 15 is 0 Å². The Labute approximate surface area is 143 Å². The van der Waals surface area contributed by atoms with Gasteiger partial charge in [0.1, 0.15) is 0 Å². The number of aromatic nitrogens is 3. The van der Waals surface area contributed by atoms with Crippen LogP contribution in [-0.4, -0.2) is 27.4 Å². The van der Waals surface area contributed by atoms with Gasteiger partial charge in [-0.2, -0.15) is 0 Å². The molecule has 1 aromatic carbocycles. The zero-order valence-corrected chi connectivity index (χ0v) is 14.0.